The SMILES string of the molecule is O=C(CN1CCN(c2ccc(Cl)cc2)C1=O)N1CCN(C(=O)C2CC2)CC1. The summed E-state index contributed by atoms with van der Waals surface area (Å²) in [7, 11) is 0. The third kappa shape index (κ3) is 3.88. The maximum absolute atomic E-state index is 12.6. The Morgan fingerprint density at radius 3 is 2.19 bits per heavy atom. The van der Waals surface area contributed by atoms with Crippen LogP contribution in [0.4, 0.5) is 10.5 Å². The number of nitrogens with zero attached hydrogens (tertiary/aromatic N) is 4. The number of rotatable bonds is 4. The molecule has 1 saturated carbocycles. The lowest BCUT2D eigenvalue weighted by molar-refractivity contribution is -0.140. The molecule has 4 rings (SSSR count). The van der Waals surface area contributed by atoms with Gasteiger partial charge in [0.05, 0.1) is 0 Å². The Bertz CT molecular complexity index is 742. The highest BCUT2D eigenvalue weighted by molar-refractivity contribution is 6.30. The van der Waals surface area contributed by atoms with Gasteiger partial charge in [-0.3, -0.25) is 14.5 Å². The standard InChI is InChI=1S/C19H23ClN4O3/c20-15-3-5-16(6-4-15)24-12-11-23(19(24)27)13-17(25)21-7-9-22(10-8-21)18(26)14-1-2-14/h3-6,14H,1-2,7-13H2. The monoisotopic (exact) mass is 390 g/mol. The summed E-state index contributed by atoms with van der Waals surface area (Å²) in [6.07, 6.45) is 2.00. The highest BCUT2D eigenvalue weighted by Gasteiger charge is 2.36. The third-order valence-corrected chi connectivity index (χ3v) is 5.68. The molecule has 7 nitrogen and oxygen atoms in total. The van der Waals surface area contributed by atoms with Crippen LogP contribution in [0.25, 0.3) is 0 Å². The number of piperazine rings is 1. The van der Waals surface area contributed by atoms with Crippen molar-refractivity contribution in [2.24, 2.45) is 5.92 Å². The maximum Gasteiger partial charge on any atom is 0.325 e. The number of urea groups is 1. The number of amides is 4. The number of hydrogen-bond acceptors (Lipinski definition) is 3. The lowest BCUT2D eigenvalue weighted by Gasteiger charge is -2.35. The summed E-state index contributed by atoms with van der Waals surface area (Å²) in [5, 5.41) is 0.622. The summed E-state index contributed by atoms with van der Waals surface area (Å²) in [5.41, 5.74) is 0.784. The zero-order valence-corrected chi connectivity index (χ0v) is 15.9. The lowest BCUT2D eigenvalue weighted by atomic mass is 10.2. The van der Waals surface area contributed by atoms with E-state index in [-0.39, 0.29) is 30.3 Å². The average Bonchev–Trinajstić information content (AvgIpc) is 3.47. The molecule has 0 N–H and O–H groups in total. The summed E-state index contributed by atoms with van der Waals surface area (Å²) >= 11 is 5.90. The van der Waals surface area contributed by atoms with Crippen LogP contribution >= 0.6 is 11.6 Å². The average molecular weight is 391 g/mol. The maximum atomic E-state index is 12.6. The van der Waals surface area contributed by atoms with E-state index in [1.165, 1.54) is 0 Å². The number of anilines is 1. The van der Waals surface area contributed by atoms with Gasteiger partial charge in [0.2, 0.25) is 11.8 Å². The summed E-state index contributed by atoms with van der Waals surface area (Å²) in [4.78, 5) is 44.2. The van der Waals surface area contributed by atoms with Crippen LogP contribution in [0.15, 0.2) is 24.3 Å². The van der Waals surface area contributed by atoms with Crippen molar-refractivity contribution < 1.29 is 14.4 Å². The molecule has 27 heavy (non-hydrogen) atoms. The first-order valence-corrected chi connectivity index (χ1v) is 9.79. The molecule has 1 aromatic rings. The van der Waals surface area contributed by atoms with Crippen LogP contribution < -0.4 is 4.90 Å². The van der Waals surface area contributed by atoms with E-state index in [1.54, 1.807) is 26.8 Å². The number of carbonyl (C=O) groups is 3. The molecule has 1 aromatic carbocycles. The van der Waals surface area contributed by atoms with Crippen molar-refractivity contribution in [3.8, 4) is 0 Å². The summed E-state index contributed by atoms with van der Waals surface area (Å²) in [6.45, 7) is 3.42. The topological polar surface area (TPSA) is 64.2 Å². The number of hydrogen-bond donors (Lipinski definition) is 0. The number of halogens is 1. The molecule has 0 atom stereocenters. The van der Waals surface area contributed by atoms with E-state index >= 15 is 0 Å². The summed E-state index contributed by atoms with van der Waals surface area (Å²) in [6, 6.07) is 6.96. The van der Waals surface area contributed by atoms with Gasteiger partial charge in [0.15, 0.2) is 0 Å². The third-order valence-electron chi connectivity index (χ3n) is 5.43. The van der Waals surface area contributed by atoms with Gasteiger partial charge in [0.25, 0.3) is 0 Å². The molecule has 144 valence electrons. The molecule has 2 heterocycles. The van der Waals surface area contributed by atoms with Gasteiger partial charge in [-0.15, -0.1) is 0 Å². The van der Waals surface area contributed by atoms with Crippen molar-refractivity contribution in [3.05, 3.63) is 29.3 Å². The molecule has 8 heteroatoms. The smallest absolute Gasteiger partial charge is 0.325 e. The van der Waals surface area contributed by atoms with Crippen molar-refractivity contribution in [1.82, 2.24) is 14.7 Å². The number of carbonyl (C=O) groups excluding carboxylic acids is 3. The summed E-state index contributed by atoms with van der Waals surface area (Å²) < 4.78 is 0. The molecule has 0 bridgehead atoms. The van der Waals surface area contributed by atoms with E-state index in [0.717, 1.165) is 18.5 Å². The van der Waals surface area contributed by atoms with Gasteiger partial charge < -0.3 is 14.7 Å². The van der Waals surface area contributed by atoms with E-state index in [0.29, 0.717) is 44.3 Å². The Kier molecular flexibility index (Phi) is 4.95. The van der Waals surface area contributed by atoms with Gasteiger partial charge in [0, 0.05) is 55.9 Å². The fourth-order valence-electron chi connectivity index (χ4n) is 3.62. The largest absolute Gasteiger partial charge is 0.339 e. The number of benzene rings is 1. The van der Waals surface area contributed by atoms with Gasteiger partial charge in [-0.2, -0.15) is 0 Å². The van der Waals surface area contributed by atoms with Crippen molar-refractivity contribution in [2.75, 3.05) is 50.7 Å². The molecule has 0 spiro atoms. The fraction of sp³-hybridized carbons (Fsp3) is 0.526. The fourth-order valence-corrected chi connectivity index (χ4v) is 3.74. The van der Waals surface area contributed by atoms with Crippen molar-refractivity contribution in [2.45, 2.75) is 12.8 Å². The molecule has 2 aliphatic heterocycles. The first kappa shape index (κ1) is 18.1. The minimum absolute atomic E-state index is 0.0557. The van der Waals surface area contributed by atoms with Gasteiger partial charge in [0.1, 0.15) is 6.54 Å². The highest BCUT2D eigenvalue weighted by atomic mass is 35.5. The highest BCUT2D eigenvalue weighted by Crippen LogP contribution is 2.31. The second kappa shape index (κ2) is 7.38. The molecule has 3 aliphatic rings. The van der Waals surface area contributed by atoms with E-state index < -0.39 is 0 Å². The van der Waals surface area contributed by atoms with Crippen molar-refractivity contribution >= 4 is 35.1 Å². The molecule has 1 aliphatic carbocycles. The van der Waals surface area contributed by atoms with E-state index in [4.69, 9.17) is 11.6 Å². The van der Waals surface area contributed by atoms with Crippen LogP contribution in [-0.4, -0.2) is 78.4 Å². The molecular formula is C19H23ClN4O3. The quantitative estimate of drug-likeness (QED) is 0.785. The Morgan fingerprint density at radius 2 is 1.56 bits per heavy atom. The van der Waals surface area contributed by atoms with Crippen LogP contribution in [0.2, 0.25) is 5.02 Å². The van der Waals surface area contributed by atoms with Crippen LogP contribution in [0.3, 0.4) is 0 Å². The van der Waals surface area contributed by atoms with E-state index in [1.807, 2.05) is 17.0 Å². The van der Waals surface area contributed by atoms with Gasteiger partial charge >= 0.3 is 6.03 Å². The minimum Gasteiger partial charge on any atom is -0.339 e. The first-order valence-electron chi connectivity index (χ1n) is 9.41. The van der Waals surface area contributed by atoms with E-state index in [2.05, 4.69) is 0 Å². The molecule has 3 fully saturated rings. The van der Waals surface area contributed by atoms with Crippen LogP contribution in [-0.2, 0) is 9.59 Å². The Morgan fingerprint density at radius 1 is 0.926 bits per heavy atom. The van der Waals surface area contributed by atoms with Crippen LogP contribution in [0.5, 0.6) is 0 Å². The zero-order chi connectivity index (χ0) is 19.0. The van der Waals surface area contributed by atoms with E-state index in [9.17, 15) is 14.4 Å². The molecular weight excluding hydrogens is 368 g/mol. The van der Waals surface area contributed by atoms with Gasteiger partial charge in [-0.25, -0.2) is 4.79 Å². The molecule has 0 radical (unpaired) electrons. The first-order chi connectivity index (χ1) is 13.0. The summed E-state index contributed by atoms with van der Waals surface area (Å²) in [5.74, 6) is 0.392. The normalized spacial score (nSPS) is 20.4. The van der Waals surface area contributed by atoms with Crippen molar-refractivity contribution in [1.29, 1.82) is 0 Å². The van der Waals surface area contributed by atoms with Gasteiger partial charge in [-0.05, 0) is 37.1 Å². The minimum atomic E-state index is -0.159. The van der Waals surface area contributed by atoms with Crippen molar-refractivity contribution in [3.63, 3.8) is 0 Å². The molecule has 0 unspecified atom stereocenters. The predicted molar refractivity (Wildman–Crippen MR) is 102 cm³/mol. The van der Waals surface area contributed by atoms with Crippen LogP contribution in [0, 0.1) is 5.92 Å². The van der Waals surface area contributed by atoms with Gasteiger partial charge in [-0.1, -0.05) is 11.6 Å². The Hall–Kier alpha value is -2.28. The molecule has 0 aromatic heterocycles. The Balaban J connectivity index is 1.29. The molecule has 4 amide bonds. The predicted octanol–water partition coefficient (Wildman–Crippen LogP) is 1.66. The second-order valence-electron chi connectivity index (χ2n) is 7.31. The lowest BCUT2D eigenvalue weighted by Crippen LogP contribution is -2.53. The zero-order valence-electron chi connectivity index (χ0n) is 15.1. The molecule has 2 saturated heterocycles. The van der Waals surface area contributed by atoms with Crippen LogP contribution in [0.1, 0.15) is 12.8 Å². The Labute approximate surface area is 163 Å². The second-order valence-corrected chi connectivity index (χ2v) is 7.75.